The highest BCUT2D eigenvalue weighted by atomic mass is 35.5. The van der Waals surface area contributed by atoms with E-state index in [1.54, 1.807) is 6.07 Å². The van der Waals surface area contributed by atoms with Crippen molar-refractivity contribution < 1.29 is 28.2 Å². The number of aliphatic hydroxyl groups is 1. The van der Waals surface area contributed by atoms with Gasteiger partial charge in [0.25, 0.3) is 5.91 Å². The molecule has 188 valence electrons. The highest BCUT2D eigenvalue weighted by molar-refractivity contribution is 6.31. The number of rotatable bonds is 8. The van der Waals surface area contributed by atoms with Crippen LogP contribution in [0.15, 0.2) is 36.4 Å². The zero-order chi connectivity index (χ0) is 25.2. The van der Waals surface area contributed by atoms with Crippen LogP contribution in [0.3, 0.4) is 0 Å². The summed E-state index contributed by atoms with van der Waals surface area (Å²) in [5.41, 5.74) is -0.651. The fraction of sp³-hybridized carbons (Fsp3) is 0.440. The van der Waals surface area contributed by atoms with E-state index in [9.17, 15) is 23.5 Å². The van der Waals surface area contributed by atoms with Gasteiger partial charge >= 0.3 is 0 Å². The molecule has 0 heterocycles. The summed E-state index contributed by atoms with van der Waals surface area (Å²) in [6.07, 6.45) is 2.24. The molecular weight excluding hydrogens is 501 g/mol. The third kappa shape index (κ3) is 5.88. The van der Waals surface area contributed by atoms with Crippen molar-refractivity contribution in [2.75, 3.05) is 6.61 Å². The van der Waals surface area contributed by atoms with Gasteiger partial charge in [0.1, 0.15) is 17.4 Å². The van der Waals surface area contributed by atoms with Gasteiger partial charge in [0.2, 0.25) is 5.91 Å². The van der Waals surface area contributed by atoms with Gasteiger partial charge in [-0.2, -0.15) is 0 Å². The van der Waals surface area contributed by atoms with E-state index in [2.05, 4.69) is 10.6 Å². The fourth-order valence-electron chi connectivity index (χ4n) is 5.00. The van der Waals surface area contributed by atoms with Crippen LogP contribution in [-0.4, -0.2) is 40.7 Å². The Morgan fingerprint density at radius 1 is 0.971 bits per heavy atom. The number of hydrogen-bond donors (Lipinski definition) is 3. The molecule has 0 spiro atoms. The summed E-state index contributed by atoms with van der Waals surface area (Å²) in [6, 6.07) is 8.39. The third-order valence-corrected chi connectivity index (χ3v) is 7.61. The monoisotopic (exact) mass is 526 g/mol. The summed E-state index contributed by atoms with van der Waals surface area (Å²) in [7, 11) is 0. The summed E-state index contributed by atoms with van der Waals surface area (Å²) < 4.78 is 32.5. The van der Waals surface area contributed by atoms with Gasteiger partial charge in [0, 0.05) is 18.0 Å². The molecule has 2 bridgehead atoms. The molecule has 0 saturated heterocycles. The zero-order valence-electron chi connectivity index (χ0n) is 18.9. The maximum Gasteiger partial charge on any atom is 0.258 e. The van der Waals surface area contributed by atoms with Gasteiger partial charge in [-0.05, 0) is 68.4 Å². The van der Waals surface area contributed by atoms with Crippen molar-refractivity contribution in [3.8, 4) is 5.75 Å². The fourth-order valence-corrected chi connectivity index (χ4v) is 5.24. The van der Waals surface area contributed by atoms with Crippen LogP contribution >= 0.6 is 23.2 Å². The molecule has 1 atom stereocenters. The Balaban J connectivity index is 1.28. The first kappa shape index (κ1) is 25.7. The average molecular weight is 527 g/mol. The molecule has 0 aliphatic heterocycles. The second kappa shape index (κ2) is 10.3. The van der Waals surface area contributed by atoms with Crippen LogP contribution in [0.5, 0.6) is 5.75 Å². The first-order valence-corrected chi connectivity index (χ1v) is 12.2. The number of halogens is 4. The minimum absolute atomic E-state index is 0.0384. The van der Waals surface area contributed by atoms with Crippen molar-refractivity contribution >= 4 is 35.0 Å². The number of carbonyl (C=O) groups is 2. The number of aliphatic hydroxyl groups excluding tert-OH is 1. The summed E-state index contributed by atoms with van der Waals surface area (Å²) in [5, 5.41) is 16.8. The zero-order valence-corrected chi connectivity index (χ0v) is 20.4. The summed E-state index contributed by atoms with van der Waals surface area (Å²) in [6.45, 7) is -0.331. The van der Waals surface area contributed by atoms with Gasteiger partial charge in [-0.15, -0.1) is 0 Å². The van der Waals surface area contributed by atoms with Crippen molar-refractivity contribution in [1.82, 2.24) is 10.6 Å². The van der Waals surface area contributed by atoms with E-state index in [4.69, 9.17) is 27.9 Å². The molecule has 2 amide bonds. The Morgan fingerprint density at radius 2 is 1.63 bits per heavy atom. The van der Waals surface area contributed by atoms with Gasteiger partial charge < -0.3 is 20.5 Å². The number of ether oxygens (including phenoxy) is 1. The highest BCUT2D eigenvalue weighted by Crippen LogP contribution is 2.47. The van der Waals surface area contributed by atoms with Crippen molar-refractivity contribution in [2.24, 2.45) is 0 Å². The van der Waals surface area contributed by atoms with E-state index in [0.717, 1.165) is 6.07 Å². The number of benzene rings is 2. The molecule has 3 aliphatic carbocycles. The molecule has 3 saturated carbocycles. The molecule has 6 nitrogen and oxygen atoms in total. The van der Waals surface area contributed by atoms with E-state index in [0.29, 0.717) is 44.1 Å². The standard InChI is InChI=1S/C25H26Cl2F2N2O4/c26-17-4-1-15(11-19(17)28)2-6-22(33)30-24-7-9-25(10-8-24,21(32)13-24)31-23(34)14-35-16-3-5-18(27)20(29)12-16/h1,3-5,11-12,21,32H,2,6-10,13-14H2,(H,30,33)(H,31,34)/t21-,24?,25?/m0/s1. The van der Waals surface area contributed by atoms with Crippen LogP contribution in [0.4, 0.5) is 8.78 Å². The Hall–Kier alpha value is -2.42. The number of fused-ring (bicyclic) bond motifs is 3. The lowest BCUT2D eigenvalue weighted by Gasteiger charge is -2.56. The van der Waals surface area contributed by atoms with Crippen molar-refractivity contribution in [1.29, 1.82) is 0 Å². The quantitative estimate of drug-likeness (QED) is 0.477. The Bertz CT molecular complexity index is 1120. The minimum Gasteiger partial charge on any atom is -0.484 e. The summed E-state index contributed by atoms with van der Waals surface area (Å²) in [4.78, 5) is 25.1. The maximum absolute atomic E-state index is 13.6. The lowest BCUT2D eigenvalue weighted by atomic mass is 9.60. The molecule has 0 unspecified atom stereocenters. The van der Waals surface area contributed by atoms with Crippen molar-refractivity contribution in [3.63, 3.8) is 0 Å². The summed E-state index contributed by atoms with van der Waals surface area (Å²) >= 11 is 11.3. The highest BCUT2D eigenvalue weighted by Gasteiger charge is 2.55. The molecule has 35 heavy (non-hydrogen) atoms. The first-order valence-electron chi connectivity index (χ1n) is 11.4. The predicted molar refractivity (Wildman–Crippen MR) is 127 cm³/mol. The molecule has 3 N–H and O–H groups in total. The topological polar surface area (TPSA) is 87.7 Å². The van der Waals surface area contributed by atoms with E-state index < -0.39 is 34.7 Å². The average Bonchev–Trinajstić information content (AvgIpc) is 2.82. The van der Waals surface area contributed by atoms with Crippen LogP contribution in [0.25, 0.3) is 0 Å². The van der Waals surface area contributed by atoms with E-state index in [1.165, 1.54) is 24.3 Å². The molecule has 0 aromatic heterocycles. The SMILES string of the molecule is O=C(CCc1ccc(Cl)c(F)c1)NC12CCC(NC(=O)COc3ccc(Cl)c(F)c3)(CC1)[C@@H](O)C2. The van der Waals surface area contributed by atoms with E-state index >= 15 is 0 Å². The smallest absolute Gasteiger partial charge is 0.258 e. The van der Waals surface area contributed by atoms with Gasteiger partial charge in [-0.3, -0.25) is 9.59 Å². The lowest BCUT2D eigenvalue weighted by Crippen LogP contribution is -2.70. The van der Waals surface area contributed by atoms with Crippen LogP contribution in [0.1, 0.15) is 44.1 Å². The number of aryl methyl sites for hydroxylation is 1. The van der Waals surface area contributed by atoms with Crippen LogP contribution in [0.2, 0.25) is 10.0 Å². The van der Waals surface area contributed by atoms with Crippen LogP contribution in [0, 0.1) is 11.6 Å². The van der Waals surface area contributed by atoms with Gasteiger partial charge in [-0.25, -0.2) is 8.78 Å². The Kier molecular flexibility index (Phi) is 7.54. The first-order chi connectivity index (χ1) is 16.6. The van der Waals surface area contributed by atoms with Gasteiger partial charge in [-0.1, -0.05) is 29.3 Å². The number of nitrogens with one attached hydrogen (secondary N) is 2. The Morgan fingerprint density at radius 3 is 2.26 bits per heavy atom. The number of amides is 2. The molecule has 5 rings (SSSR count). The molecule has 10 heteroatoms. The molecule has 2 aromatic carbocycles. The second-order valence-electron chi connectivity index (χ2n) is 9.37. The van der Waals surface area contributed by atoms with Crippen LogP contribution < -0.4 is 15.4 Å². The molecule has 0 radical (unpaired) electrons. The largest absolute Gasteiger partial charge is 0.484 e. The molecule has 3 aliphatic rings. The van der Waals surface area contributed by atoms with Gasteiger partial charge in [0.15, 0.2) is 6.61 Å². The normalized spacial score (nSPS) is 25.2. The Labute approximate surface area is 211 Å². The minimum atomic E-state index is -0.840. The third-order valence-electron chi connectivity index (χ3n) is 7.00. The molecule has 2 aromatic rings. The molecule has 3 fully saturated rings. The number of hydrogen-bond acceptors (Lipinski definition) is 4. The van der Waals surface area contributed by atoms with Crippen molar-refractivity contribution in [3.05, 3.63) is 63.6 Å². The molecular formula is C25H26Cl2F2N2O4. The van der Waals surface area contributed by atoms with Gasteiger partial charge in [0.05, 0.1) is 21.7 Å². The van der Waals surface area contributed by atoms with Crippen molar-refractivity contribution in [2.45, 2.75) is 62.1 Å². The van der Waals surface area contributed by atoms with E-state index in [-0.39, 0.29) is 34.7 Å². The maximum atomic E-state index is 13.6. The van der Waals surface area contributed by atoms with Crippen LogP contribution in [-0.2, 0) is 16.0 Å². The van der Waals surface area contributed by atoms with E-state index in [1.807, 2.05) is 0 Å². The lowest BCUT2D eigenvalue weighted by molar-refractivity contribution is -0.136. The summed E-state index contributed by atoms with van der Waals surface area (Å²) in [5.74, 6) is -1.58. The predicted octanol–water partition coefficient (Wildman–Crippen LogP) is 4.33. The second-order valence-corrected chi connectivity index (χ2v) is 10.2. The number of carbonyl (C=O) groups excluding carboxylic acids is 2.